The first-order chi connectivity index (χ1) is 13.1. The van der Waals surface area contributed by atoms with Crippen molar-refractivity contribution in [1.82, 2.24) is 0 Å². The zero-order chi connectivity index (χ0) is 21.2. The van der Waals surface area contributed by atoms with Gasteiger partial charge in [0.05, 0.1) is 25.3 Å². The number of benzene rings is 2. The van der Waals surface area contributed by atoms with Crippen molar-refractivity contribution >= 4 is 23.9 Å². The molecule has 0 aromatic heterocycles. The summed E-state index contributed by atoms with van der Waals surface area (Å²) in [7, 11) is 2.26. The molecule has 0 spiro atoms. The molecule has 0 aliphatic carbocycles. The molecule has 10 heteroatoms. The molecule has 0 fully saturated rings. The van der Waals surface area contributed by atoms with Crippen LogP contribution in [0.5, 0.6) is 11.5 Å². The first-order valence-electron chi connectivity index (χ1n) is 7.50. The lowest BCUT2D eigenvalue weighted by Crippen LogP contribution is -2.13. The van der Waals surface area contributed by atoms with Crippen molar-refractivity contribution in [1.29, 1.82) is 0 Å². The highest BCUT2D eigenvalue weighted by molar-refractivity contribution is 6.08. The smallest absolute Gasteiger partial charge is 0.340 e. The quantitative estimate of drug-likeness (QED) is 0.550. The third-order valence-electron chi connectivity index (χ3n) is 3.89. The maximum atomic E-state index is 11.7. The van der Waals surface area contributed by atoms with Crippen molar-refractivity contribution in [3.05, 3.63) is 46.5 Å². The van der Waals surface area contributed by atoms with E-state index in [1.807, 2.05) is 0 Å². The fraction of sp³-hybridized carbons (Fsp3) is 0.111. The standard InChI is InChI=1S/C18H14O10/c1-27-11-6-9(14(28-2)13(18(25)26)12(11)17(23)24)7-3-4-8(15(19)20)10(5-7)16(21)22/h3-6H,1-2H3,(H,19,20)(H,21,22)(H,23,24)(H,25,26). The summed E-state index contributed by atoms with van der Waals surface area (Å²) in [6, 6.07) is 4.49. The normalized spacial score (nSPS) is 10.2. The molecule has 28 heavy (non-hydrogen) atoms. The van der Waals surface area contributed by atoms with Gasteiger partial charge in [0.2, 0.25) is 0 Å². The molecule has 0 amide bonds. The molecule has 0 atom stereocenters. The van der Waals surface area contributed by atoms with Gasteiger partial charge in [-0.25, -0.2) is 19.2 Å². The summed E-state index contributed by atoms with van der Waals surface area (Å²) in [6.07, 6.45) is 0. The van der Waals surface area contributed by atoms with Crippen LogP contribution in [0, 0.1) is 0 Å². The van der Waals surface area contributed by atoms with Crippen molar-refractivity contribution < 1.29 is 49.1 Å². The highest BCUT2D eigenvalue weighted by atomic mass is 16.5. The SMILES string of the molecule is COc1cc(-c2ccc(C(=O)O)c(C(=O)O)c2)c(OC)c(C(=O)O)c1C(=O)O. The highest BCUT2D eigenvalue weighted by Crippen LogP contribution is 2.41. The number of carboxylic acid groups (broad SMARTS) is 4. The summed E-state index contributed by atoms with van der Waals surface area (Å²) in [5, 5.41) is 37.3. The zero-order valence-corrected chi connectivity index (χ0v) is 14.5. The predicted molar refractivity (Wildman–Crippen MR) is 92.8 cm³/mol. The molecule has 10 nitrogen and oxygen atoms in total. The van der Waals surface area contributed by atoms with E-state index in [2.05, 4.69) is 0 Å². The van der Waals surface area contributed by atoms with Crippen molar-refractivity contribution in [2.24, 2.45) is 0 Å². The monoisotopic (exact) mass is 390 g/mol. The fourth-order valence-corrected chi connectivity index (χ4v) is 2.72. The van der Waals surface area contributed by atoms with E-state index >= 15 is 0 Å². The lowest BCUT2D eigenvalue weighted by Gasteiger charge is -2.17. The Morgan fingerprint density at radius 1 is 0.714 bits per heavy atom. The first kappa shape index (κ1) is 20.2. The number of carboxylic acids is 4. The van der Waals surface area contributed by atoms with Crippen molar-refractivity contribution in [2.75, 3.05) is 14.2 Å². The second kappa shape index (κ2) is 7.66. The molecule has 0 heterocycles. The zero-order valence-electron chi connectivity index (χ0n) is 14.5. The first-order valence-corrected chi connectivity index (χ1v) is 7.50. The Morgan fingerprint density at radius 2 is 1.29 bits per heavy atom. The van der Waals surface area contributed by atoms with Crippen LogP contribution in [0.2, 0.25) is 0 Å². The lowest BCUT2D eigenvalue weighted by molar-refractivity contribution is 0.0645. The Bertz CT molecular complexity index is 1010. The van der Waals surface area contributed by atoms with Crippen LogP contribution >= 0.6 is 0 Å². The Balaban J connectivity index is 2.93. The van der Waals surface area contributed by atoms with Crippen molar-refractivity contribution in [3.63, 3.8) is 0 Å². The Hall–Kier alpha value is -4.08. The minimum atomic E-state index is -1.60. The summed E-state index contributed by atoms with van der Waals surface area (Å²) >= 11 is 0. The molecule has 2 aromatic rings. The van der Waals surface area contributed by atoms with E-state index < -0.39 is 46.1 Å². The molecule has 0 bridgehead atoms. The number of rotatable bonds is 7. The van der Waals surface area contributed by atoms with Crippen LogP contribution in [0.25, 0.3) is 11.1 Å². The average Bonchev–Trinajstić information content (AvgIpc) is 2.65. The minimum Gasteiger partial charge on any atom is -0.496 e. The maximum Gasteiger partial charge on any atom is 0.340 e. The van der Waals surface area contributed by atoms with Crippen LogP contribution in [-0.2, 0) is 0 Å². The number of hydrogen-bond donors (Lipinski definition) is 4. The number of methoxy groups -OCH3 is 2. The summed E-state index contributed by atoms with van der Waals surface area (Å²) in [6.45, 7) is 0. The Kier molecular flexibility index (Phi) is 5.53. The van der Waals surface area contributed by atoms with Crippen LogP contribution < -0.4 is 9.47 Å². The van der Waals surface area contributed by atoms with E-state index in [-0.39, 0.29) is 22.6 Å². The molecule has 2 aromatic carbocycles. The van der Waals surface area contributed by atoms with Gasteiger partial charge in [0.15, 0.2) is 0 Å². The van der Waals surface area contributed by atoms with Gasteiger partial charge < -0.3 is 29.9 Å². The second-order valence-electron chi connectivity index (χ2n) is 5.39. The van der Waals surface area contributed by atoms with Gasteiger partial charge >= 0.3 is 23.9 Å². The van der Waals surface area contributed by atoms with Gasteiger partial charge in [0.1, 0.15) is 22.6 Å². The van der Waals surface area contributed by atoms with Gasteiger partial charge in [-0.1, -0.05) is 6.07 Å². The van der Waals surface area contributed by atoms with Crippen LogP contribution in [0.3, 0.4) is 0 Å². The van der Waals surface area contributed by atoms with E-state index in [9.17, 15) is 34.5 Å². The fourth-order valence-electron chi connectivity index (χ4n) is 2.72. The van der Waals surface area contributed by atoms with E-state index in [1.54, 1.807) is 0 Å². The third kappa shape index (κ3) is 3.43. The Labute approximate surface area is 157 Å². The molecule has 0 aliphatic heterocycles. The molecule has 146 valence electrons. The van der Waals surface area contributed by atoms with Crippen molar-refractivity contribution in [2.45, 2.75) is 0 Å². The number of ether oxygens (including phenoxy) is 2. The van der Waals surface area contributed by atoms with E-state index in [0.717, 1.165) is 26.4 Å². The van der Waals surface area contributed by atoms with Crippen LogP contribution in [0.15, 0.2) is 24.3 Å². The summed E-state index contributed by atoms with van der Waals surface area (Å²) in [4.78, 5) is 45.9. The van der Waals surface area contributed by atoms with Gasteiger partial charge in [0, 0.05) is 5.56 Å². The molecular weight excluding hydrogens is 376 g/mol. The van der Waals surface area contributed by atoms with E-state index in [0.29, 0.717) is 0 Å². The molecule has 0 saturated carbocycles. The van der Waals surface area contributed by atoms with Crippen molar-refractivity contribution in [3.8, 4) is 22.6 Å². The van der Waals surface area contributed by atoms with E-state index in [4.69, 9.17) is 14.6 Å². The third-order valence-corrected chi connectivity index (χ3v) is 3.89. The van der Waals surface area contributed by atoms with Gasteiger partial charge in [-0.2, -0.15) is 0 Å². The molecule has 0 unspecified atom stereocenters. The number of carbonyl (C=O) groups is 4. The highest BCUT2D eigenvalue weighted by Gasteiger charge is 2.30. The maximum absolute atomic E-state index is 11.7. The van der Waals surface area contributed by atoms with Gasteiger partial charge in [0.25, 0.3) is 0 Å². The van der Waals surface area contributed by atoms with Crippen LogP contribution in [0.4, 0.5) is 0 Å². The lowest BCUT2D eigenvalue weighted by atomic mass is 9.93. The molecule has 0 aliphatic rings. The average molecular weight is 390 g/mol. The van der Waals surface area contributed by atoms with Crippen LogP contribution in [-0.4, -0.2) is 58.5 Å². The largest absolute Gasteiger partial charge is 0.496 e. The van der Waals surface area contributed by atoms with Gasteiger partial charge in [-0.3, -0.25) is 0 Å². The molecule has 0 saturated heterocycles. The molecule has 4 N–H and O–H groups in total. The summed E-state index contributed by atoms with van der Waals surface area (Å²) in [5.41, 5.74) is -2.23. The molecule has 0 radical (unpaired) electrons. The number of hydrogen-bond acceptors (Lipinski definition) is 6. The molecular formula is C18H14O10. The van der Waals surface area contributed by atoms with E-state index in [1.165, 1.54) is 12.1 Å². The molecule has 2 rings (SSSR count). The topological polar surface area (TPSA) is 168 Å². The predicted octanol–water partition coefficient (Wildman–Crippen LogP) is 2.16. The van der Waals surface area contributed by atoms with Gasteiger partial charge in [-0.05, 0) is 23.8 Å². The van der Waals surface area contributed by atoms with Crippen LogP contribution in [0.1, 0.15) is 41.4 Å². The van der Waals surface area contributed by atoms with Gasteiger partial charge in [-0.15, -0.1) is 0 Å². The summed E-state index contributed by atoms with van der Waals surface area (Å²) < 4.78 is 10.1. The minimum absolute atomic E-state index is 0.0150. The Morgan fingerprint density at radius 3 is 1.71 bits per heavy atom. The second-order valence-corrected chi connectivity index (χ2v) is 5.39. The number of aromatic carboxylic acids is 4. The summed E-state index contributed by atoms with van der Waals surface area (Å²) in [5.74, 6) is -6.77.